The molecule has 1 rings (SSSR count). The molecule has 0 fully saturated rings. The van der Waals surface area contributed by atoms with Crippen LogP contribution in [0.4, 0.5) is 4.39 Å². The number of halogens is 1. The predicted octanol–water partition coefficient (Wildman–Crippen LogP) is 1.95. The van der Waals surface area contributed by atoms with Gasteiger partial charge in [-0.15, -0.1) is 0 Å². The molecule has 0 spiro atoms. The van der Waals surface area contributed by atoms with Gasteiger partial charge in [0.1, 0.15) is 5.82 Å². The maximum absolute atomic E-state index is 12.6. The van der Waals surface area contributed by atoms with Gasteiger partial charge in [-0.25, -0.2) is 4.39 Å². The molecule has 0 radical (unpaired) electrons. The normalized spacial score (nSPS) is 11.6. The highest BCUT2D eigenvalue weighted by atomic mass is 19.1. The first-order valence-electron chi connectivity index (χ1n) is 4.11. The van der Waals surface area contributed by atoms with Crippen molar-refractivity contribution in [3.63, 3.8) is 0 Å². The second kappa shape index (κ2) is 4.64. The summed E-state index contributed by atoms with van der Waals surface area (Å²) in [6, 6.07) is 6.09. The van der Waals surface area contributed by atoms with Crippen LogP contribution in [0.1, 0.15) is 18.9 Å². The van der Waals surface area contributed by atoms with Gasteiger partial charge in [-0.2, -0.15) is 0 Å². The van der Waals surface area contributed by atoms with Gasteiger partial charge < -0.3 is 5.11 Å². The van der Waals surface area contributed by atoms with Crippen molar-refractivity contribution in [2.24, 2.45) is 0 Å². The van der Waals surface area contributed by atoms with E-state index in [1.165, 1.54) is 12.1 Å². The van der Waals surface area contributed by atoms with E-state index in [2.05, 4.69) is 11.8 Å². The number of aliphatic hydroxyl groups is 1. The van der Waals surface area contributed by atoms with Gasteiger partial charge in [-0.3, -0.25) is 0 Å². The van der Waals surface area contributed by atoms with Crippen molar-refractivity contribution in [2.45, 2.75) is 19.4 Å². The molecule has 0 saturated heterocycles. The van der Waals surface area contributed by atoms with Crippen LogP contribution in [-0.4, -0.2) is 11.2 Å². The van der Waals surface area contributed by atoms with Crippen LogP contribution < -0.4 is 0 Å². The fourth-order valence-corrected chi connectivity index (χ4v) is 0.867. The Labute approximate surface area is 77.2 Å². The Hall–Kier alpha value is -1.33. The maximum Gasteiger partial charge on any atom is 0.124 e. The lowest BCUT2D eigenvalue weighted by Gasteiger charge is -1.93. The van der Waals surface area contributed by atoms with Crippen LogP contribution in [-0.2, 0) is 0 Å². The molecule has 0 heterocycles. The van der Waals surface area contributed by atoms with E-state index in [-0.39, 0.29) is 5.82 Å². The summed E-state index contributed by atoms with van der Waals surface area (Å²) in [6.07, 6.45) is -0.0164. The van der Waals surface area contributed by atoms with Crippen LogP contribution in [0.5, 0.6) is 0 Å². The number of hydrogen-bond donors (Lipinski definition) is 1. The molecule has 68 valence electrons. The number of benzene rings is 1. The zero-order chi connectivity index (χ0) is 9.68. The molecule has 1 nitrogen and oxygen atoms in total. The van der Waals surface area contributed by atoms with Gasteiger partial charge in [-0.05, 0) is 25.1 Å². The Bertz CT molecular complexity index is 333. The highest BCUT2D eigenvalue weighted by Crippen LogP contribution is 2.01. The molecule has 0 aromatic heterocycles. The molecule has 2 heteroatoms. The van der Waals surface area contributed by atoms with Crippen molar-refractivity contribution in [3.05, 3.63) is 35.6 Å². The van der Waals surface area contributed by atoms with Crippen LogP contribution in [0.25, 0.3) is 0 Å². The molecule has 1 atom stereocenters. The minimum absolute atomic E-state index is 0.288. The van der Waals surface area contributed by atoms with Crippen LogP contribution in [0.3, 0.4) is 0 Å². The van der Waals surface area contributed by atoms with Crippen LogP contribution >= 0.6 is 0 Å². The monoisotopic (exact) mass is 178 g/mol. The summed E-state index contributed by atoms with van der Waals surface area (Å²) in [5.41, 5.74) is 0.639. The molecule has 0 saturated carbocycles. The van der Waals surface area contributed by atoms with Crippen molar-refractivity contribution in [1.82, 2.24) is 0 Å². The Balaban J connectivity index is 2.66. The van der Waals surface area contributed by atoms with Crippen molar-refractivity contribution in [3.8, 4) is 11.8 Å². The third-order valence-corrected chi connectivity index (χ3v) is 1.45. The van der Waals surface area contributed by atoms with E-state index < -0.39 is 6.10 Å². The highest BCUT2D eigenvalue weighted by Gasteiger charge is 1.91. The highest BCUT2D eigenvalue weighted by molar-refractivity contribution is 5.34. The van der Waals surface area contributed by atoms with Gasteiger partial charge in [0.15, 0.2) is 0 Å². The van der Waals surface area contributed by atoms with Crippen LogP contribution in [0, 0.1) is 17.7 Å². The lowest BCUT2D eigenvalue weighted by atomic mass is 10.2. The molecular formula is C11H11FO. The van der Waals surface area contributed by atoms with Gasteiger partial charge >= 0.3 is 0 Å². The number of aliphatic hydroxyl groups excluding tert-OH is 1. The third kappa shape index (κ3) is 3.73. The lowest BCUT2D eigenvalue weighted by Crippen LogP contribution is -1.95. The van der Waals surface area contributed by atoms with Gasteiger partial charge in [0.05, 0.1) is 6.10 Å². The molecule has 0 aliphatic heterocycles. The second-order valence-corrected chi connectivity index (χ2v) is 2.87. The zero-order valence-electron chi connectivity index (χ0n) is 7.42. The SMILES string of the molecule is CC(O)CC#Cc1cccc(F)c1. The summed E-state index contributed by atoms with van der Waals surface area (Å²) in [7, 11) is 0. The summed E-state index contributed by atoms with van der Waals surface area (Å²) >= 11 is 0. The Kier molecular flexibility index (Phi) is 3.48. The summed E-state index contributed by atoms with van der Waals surface area (Å²) in [5, 5.41) is 8.91. The fourth-order valence-electron chi connectivity index (χ4n) is 0.867. The summed E-state index contributed by atoms with van der Waals surface area (Å²) in [6.45, 7) is 1.67. The molecule has 1 aromatic carbocycles. The van der Waals surface area contributed by atoms with E-state index in [1.54, 1.807) is 19.1 Å². The van der Waals surface area contributed by atoms with Crippen LogP contribution in [0.15, 0.2) is 24.3 Å². The summed E-state index contributed by atoms with van der Waals surface area (Å²) in [4.78, 5) is 0. The van der Waals surface area contributed by atoms with Crippen LogP contribution in [0.2, 0.25) is 0 Å². The molecular weight excluding hydrogens is 167 g/mol. The average Bonchev–Trinajstić information content (AvgIpc) is 2.03. The summed E-state index contributed by atoms with van der Waals surface area (Å²) < 4.78 is 12.6. The van der Waals surface area contributed by atoms with E-state index in [0.717, 1.165) is 0 Å². The summed E-state index contributed by atoms with van der Waals surface area (Å²) in [5.74, 6) is 5.24. The quantitative estimate of drug-likeness (QED) is 0.652. The molecule has 0 aliphatic rings. The van der Waals surface area contributed by atoms with E-state index in [0.29, 0.717) is 12.0 Å². The number of rotatable bonds is 1. The lowest BCUT2D eigenvalue weighted by molar-refractivity contribution is 0.201. The standard InChI is InChI=1S/C11H11FO/c1-9(13)4-2-5-10-6-3-7-11(12)8-10/h3,6-9,13H,4H2,1H3. The smallest absolute Gasteiger partial charge is 0.124 e. The van der Waals surface area contributed by atoms with Gasteiger partial charge in [0, 0.05) is 12.0 Å². The topological polar surface area (TPSA) is 20.2 Å². The van der Waals surface area contributed by atoms with Gasteiger partial charge in [-0.1, -0.05) is 17.9 Å². The first-order chi connectivity index (χ1) is 6.18. The van der Waals surface area contributed by atoms with E-state index >= 15 is 0 Å². The van der Waals surface area contributed by atoms with Crippen molar-refractivity contribution >= 4 is 0 Å². The predicted molar refractivity (Wildman–Crippen MR) is 49.6 cm³/mol. The first kappa shape index (κ1) is 9.76. The molecule has 0 amide bonds. The largest absolute Gasteiger partial charge is 0.392 e. The third-order valence-electron chi connectivity index (χ3n) is 1.45. The van der Waals surface area contributed by atoms with E-state index in [1.807, 2.05) is 0 Å². The minimum Gasteiger partial charge on any atom is -0.392 e. The molecule has 13 heavy (non-hydrogen) atoms. The van der Waals surface area contributed by atoms with E-state index in [4.69, 9.17) is 5.11 Å². The van der Waals surface area contributed by atoms with Crippen molar-refractivity contribution < 1.29 is 9.50 Å². The molecule has 1 N–H and O–H groups in total. The Morgan fingerprint density at radius 3 is 2.92 bits per heavy atom. The van der Waals surface area contributed by atoms with Crippen molar-refractivity contribution in [1.29, 1.82) is 0 Å². The fraction of sp³-hybridized carbons (Fsp3) is 0.273. The van der Waals surface area contributed by atoms with Gasteiger partial charge in [0.2, 0.25) is 0 Å². The molecule has 0 aliphatic carbocycles. The average molecular weight is 178 g/mol. The minimum atomic E-state index is -0.430. The molecule has 1 unspecified atom stereocenters. The Morgan fingerprint density at radius 1 is 1.54 bits per heavy atom. The number of hydrogen-bond acceptors (Lipinski definition) is 1. The van der Waals surface area contributed by atoms with Gasteiger partial charge in [0.25, 0.3) is 0 Å². The first-order valence-corrected chi connectivity index (χ1v) is 4.11. The Morgan fingerprint density at radius 2 is 2.31 bits per heavy atom. The maximum atomic E-state index is 12.6. The van der Waals surface area contributed by atoms with E-state index in [9.17, 15) is 4.39 Å². The molecule has 1 aromatic rings. The molecule has 0 bridgehead atoms. The zero-order valence-corrected chi connectivity index (χ0v) is 7.42. The second-order valence-electron chi connectivity index (χ2n) is 2.87. The van der Waals surface area contributed by atoms with Crippen molar-refractivity contribution in [2.75, 3.05) is 0 Å².